The van der Waals surface area contributed by atoms with Crippen molar-refractivity contribution >= 4 is 40.0 Å². The Hall–Kier alpha value is -3.61. The third kappa shape index (κ3) is 4.45. The molecule has 0 saturated carbocycles. The fourth-order valence-electron chi connectivity index (χ4n) is 4.14. The van der Waals surface area contributed by atoms with Crippen LogP contribution < -0.4 is 15.5 Å². The zero-order valence-electron chi connectivity index (χ0n) is 17.7. The van der Waals surface area contributed by atoms with E-state index in [1.165, 1.54) is 6.92 Å². The zero-order valence-corrected chi connectivity index (χ0v) is 17.7. The number of H-pyrrole nitrogens is 1. The summed E-state index contributed by atoms with van der Waals surface area (Å²) in [6.45, 7) is 4.05. The zero-order chi connectivity index (χ0) is 22.0. The molecule has 7 nitrogen and oxygen atoms in total. The largest absolute Gasteiger partial charge is 0.361 e. The second-order valence-electron chi connectivity index (χ2n) is 7.96. The van der Waals surface area contributed by atoms with Crippen molar-refractivity contribution in [2.45, 2.75) is 39.2 Å². The maximum absolute atomic E-state index is 13.0. The summed E-state index contributed by atoms with van der Waals surface area (Å²) in [4.78, 5) is 41.8. The SMILES string of the molecule is CC(=O)NC(Cc1c[nH]c2ccccc12)C(=O)Nc1ccc(N2CCCC2=O)c(C)c1. The lowest BCUT2D eigenvalue weighted by Gasteiger charge is -2.20. The third-order valence-corrected chi connectivity index (χ3v) is 5.62. The second kappa shape index (κ2) is 8.63. The first-order valence-electron chi connectivity index (χ1n) is 10.5. The van der Waals surface area contributed by atoms with Gasteiger partial charge >= 0.3 is 0 Å². The summed E-state index contributed by atoms with van der Waals surface area (Å²) in [7, 11) is 0. The number of amides is 3. The van der Waals surface area contributed by atoms with Crippen LogP contribution in [0.5, 0.6) is 0 Å². The molecule has 160 valence electrons. The molecule has 4 rings (SSSR count). The summed E-state index contributed by atoms with van der Waals surface area (Å²) in [5.41, 5.74) is 4.37. The van der Waals surface area contributed by atoms with Crippen LogP contribution in [0.3, 0.4) is 0 Å². The van der Waals surface area contributed by atoms with E-state index in [-0.39, 0.29) is 17.7 Å². The van der Waals surface area contributed by atoms with Gasteiger partial charge in [0.2, 0.25) is 17.7 Å². The van der Waals surface area contributed by atoms with Gasteiger partial charge < -0.3 is 20.5 Å². The lowest BCUT2D eigenvalue weighted by Crippen LogP contribution is -2.44. The van der Waals surface area contributed by atoms with Crippen LogP contribution in [0.2, 0.25) is 0 Å². The van der Waals surface area contributed by atoms with Crippen LogP contribution in [0.4, 0.5) is 11.4 Å². The van der Waals surface area contributed by atoms with Gasteiger partial charge in [-0.15, -0.1) is 0 Å². The molecule has 1 aromatic heterocycles. The topological polar surface area (TPSA) is 94.3 Å². The van der Waals surface area contributed by atoms with Crippen molar-refractivity contribution in [1.29, 1.82) is 0 Å². The van der Waals surface area contributed by atoms with E-state index in [1.807, 2.05) is 49.5 Å². The molecule has 1 fully saturated rings. The molecule has 0 aliphatic carbocycles. The number of hydrogen-bond donors (Lipinski definition) is 3. The fourth-order valence-corrected chi connectivity index (χ4v) is 4.14. The predicted molar refractivity (Wildman–Crippen MR) is 121 cm³/mol. The van der Waals surface area contributed by atoms with Crippen molar-refractivity contribution < 1.29 is 14.4 Å². The Labute approximate surface area is 180 Å². The average molecular weight is 418 g/mol. The minimum atomic E-state index is -0.711. The first-order valence-corrected chi connectivity index (χ1v) is 10.5. The highest BCUT2D eigenvalue weighted by atomic mass is 16.2. The van der Waals surface area contributed by atoms with E-state index in [0.717, 1.165) is 40.7 Å². The second-order valence-corrected chi connectivity index (χ2v) is 7.96. The number of nitrogens with one attached hydrogen (secondary N) is 3. The fraction of sp³-hybridized carbons (Fsp3) is 0.292. The molecule has 0 bridgehead atoms. The van der Waals surface area contributed by atoms with E-state index in [2.05, 4.69) is 15.6 Å². The van der Waals surface area contributed by atoms with Gasteiger partial charge in [-0.3, -0.25) is 14.4 Å². The molecule has 1 saturated heterocycles. The van der Waals surface area contributed by atoms with Gasteiger partial charge in [0.1, 0.15) is 6.04 Å². The Morgan fingerprint density at radius 1 is 1.19 bits per heavy atom. The molecular weight excluding hydrogens is 392 g/mol. The van der Waals surface area contributed by atoms with Crippen molar-refractivity contribution in [2.75, 3.05) is 16.8 Å². The quantitative estimate of drug-likeness (QED) is 0.573. The van der Waals surface area contributed by atoms with Crippen LogP contribution in [-0.4, -0.2) is 35.3 Å². The Balaban J connectivity index is 1.51. The van der Waals surface area contributed by atoms with Gasteiger partial charge in [0.15, 0.2) is 0 Å². The molecule has 1 unspecified atom stereocenters. The van der Waals surface area contributed by atoms with Crippen LogP contribution >= 0.6 is 0 Å². The molecule has 2 aromatic carbocycles. The van der Waals surface area contributed by atoms with Gasteiger partial charge in [0.05, 0.1) is 0 Å². The van der Waals surface area contributed by atoms with E-state index in [9.17, 15) is 14.4 Å². The molecule has 31 heavy (non-hydrogen) atoms. The molecular formula is C24H26N4O3. The van der Waals surface area contributed by atoms with Crippen LogP contribution in [0.25, 0.3) is 10.9 Å². The maximum Gasteiger partial charge on any atom is 0.247 e. The first kappa shape index (κ1) is 20.7. The highest BCUT2D eigenvalue weighted by Gasteiger charge is 2.24. The van der Waals surface area contributed by atoms with Gasteiger partial charge in [0, 0.05) is 54.8 Å². The van der Waals surface area contributed by atoms with Crippen LogP contribution in [0.15, 0.2) is 48.7 Å². The van der Waals surface area contributed by atoms with E-state index in [0.29, 0.717) is 18.5 Å². The Kier molecular flexibility index (Phi) is 5.75. The van der Waals surface area contributed by atoms with Gasteiger partial charge in [0.25, 0.3) is 0 Å². The van der Waals surface area contributed by atoms with Crippen molar-refractivity contribution in [1.82, 2.24) is 10.3 Å². The van der Waals surface area contributed by atoms with Gasteiger partial charge in [-0.25, -0.2) is 0 Å². The highest BCUT2D eigenvalue weighted by Crippen LogP contribution is 2.27. The lowest BCUT2D eigenvalue weighted by molar-refractivity contribution is -0.125. The van der Waals surface area contributed by atoms with Crippen molar-refractivity contribution in [3.05, 3.63) is 59.8 Å². The molecule has 1 atom stereocenters. The molecule has 0 radical (unpaired) electrons. The van der Waals surface area contributed by atoms with E-state index in [4.69, 9.17) is 0 Å². The molecule has 3 amide bonds. The number of fused-ring (bicyclic) bond motifs is 1. The molecule has 1 aliphatic rings. The normalized spacial score (nSPS) is 14.6. The number of benzene rings is 2. The monoisotopic (exact) mass is 418 g/mol. The van der Waals surface area contributed by atoms with Crippen molar-refractivity contribution in [2.24, 2.45) is 0 Å². The number of rotatable bonds is 6. The lowest BCUT2D eigenvalue weighted by atomic mass is 10.0. The van der Waals surface area contributed by atoms with Crippen LogP contribution in [0, 0.1) is 6.92 Å². The molecule has 7 heteroatoms. The minimum absolute atomic E-state index is 0.129. The molecule has 3 N–H and O–H groups in total. The number of aryl methyl sites for hydroxylation is 1. The number of carbonyl (C=O) groups excluding carboxylic acids is 3. The van der Waals surface area contributed by atoms with Gasteiger partial charge in [-0.2, -0.15) is 0 Å². The Bertz CT molecular complexity index is 1150. The number of aromatic nitrogens is 1. The van der Waals surface area contributed by atoms with E-state index in [1.54, 1.807) is 11.0 Å². The first-order chi connectivity index (χ1) is 14.9. The Morgan fingerprint density at radius 2 is 2.00 bits per heavy atom. The van der Waals surface area contributed by atoms with E-state index >= 15 is 0 Å². The standard InChI is InChI=1S/C24H26N4O3/c1-15-12-18(9-10-22(15)28-11-5-8-23(28)30)27-24(31)21(26-16(2)29)13-17-14-25-20-7-4-3-6-19(17)20/h3-4,6-7,9-10,12,14,21,25H,5,8,11,13H2,1-2H3,(H,26,29)(H,27,31). The number of carbonyl (C=O) groups is 3. The van der Waals surface area contributed by atoms with Crippen LogP contribution in [0.1, 0.15) is 30.9 Å². The number of nitrogens with zero attached hydrogens (tertiary/aromatic N) is 1. The summed E-state index contributed by atoms with van der Waals surface area (Å²) < 4.78 is 0. The number of hydrogen-bond acceptors (Lipinski definition) is 3. The van der Waals surface area contributed by atoms with Gasteiger partial charge in [-0.05, 0) is 48.7 Å². The minimum Gasteiger partial charge on any atom is -0.361 e. The summed E-state index contributed by atoms with van der Waals surface area (Å²) in [5, 5.41) is 6.70. The molecule has 0 spiro atoms. The summed E-state index contributed by atoms with van der Waals surface area (Å²) >= 11 is 0. The predicted octanol–water partition coefficient (Wildman–Crippen LogP) is 3.29. The van der Waals surface area contributed by atoms with Crippen molar-refractivity contribution in [3.8, 4) is 0 Å². The van der Waals surface area contributed by atoms with Crippen molar-refractivity contribution in [3.63, 3.8) is 0 Å². The summed E-state index contributed by atoms with van der Waals surface area (Å²) in [6.07, 6.45) is 3.68. The van der Waals surface area contributed by atoms with E-state index < -0.39 is 6.04 Å². The third-order valence-electron chi connectivity index (χ3n) is 5.62. The maximum atomic E-state index is 13.0. The smallest absolute Gasteiger partial charge is 0.247 e. The number of aromatic amines is 1. The summed E-state index contributed by atoms with van der Waals surface area (Å²) in [5.74, 6) is -0.423. The average Bonchev–Trinajstić information content (AvgIpc) is 3.34. The van der Waals surface area contributed by atoms with Crippen LogP contribution in [-0.2, 0) is 20.8 Å². The molecule has 3 aromatic rings. The van der Waals surface area contributed by atoms with Gasteiger partial charge in [-0.1, -0.05) is 18.2 Å². The summed E-state index contributed by atoms with van der Waals surface area (Å²) in [6, 6.07) is 12.7. The molecule has 2 heterocycles. The number of anilines is 2. The Morgan fingerprint density at radius 3 is 2.71 bits per heavy atom. The molecule has 1 aliphatic heterocycles. The number of para-hydroxylation sites is 1. The highest BCUT2D eigenvalue weighted by molar-refractivity contribution is 5.99.